The molecule has 0 aromatic heterocycles. The van der Waals surface area contributed by atoms with Crippen LogP contribution in [0, 0.1) is 0 Å². The number of hydrogen-bond donors (Lipinski definition) is 1. The maximum Gasteiger partial charge on any atom is 0.214 e. The van der Waals surface area contributed by atoms with Gasteiger partial charge in [0.25, 0.3) is 0 Å². The molecule has 1 aliphatic rings. The predicted octanol–water partition coefficient (Wildman–Crippen LogP) is 1.58. The second-order valence-electron chi connectivity index (χ2n) is 4.42. The highest BCUT2D eigenvalue weighted by molar-refractivity contribution is 7.89. The fourth-order valence-electron chi connectivity index (χ4n) is 1.79. The normalized spacial score (nSPS) is 16.4. The summed E-state index contributed by atoms with van der Waals surface area (Å²) in [4.78, 5) is 0. The van der Waals surface area contributed by atoms with E-state index in [0.717, 1.165) is 18.4 Å². The zero-order valence-corrected chi connectivity index (χ0v) is 10.8. The Kier molecular flexibility index (Phi) is 3.40. The van der Waals surface area contributed by atoms with Gasteiger partial charge in [0, 0.05) is 18.3 Å². The molecule has 0 amide bonds. The summed E-state index contributed by atoms with van der Waals surface area (Å²) in [5, 5.41) is 0. The number of anilines is 1. The van der Waals surface area contributed by atoms with E-state index in [-0.39, 0.29) is 11.8 Å². The highest BCUT2D eigenvalue weighted by Crippen LogP contribution is 2.31. The molecular weight excluding hydrogens is 236 g/mol. The molecule has 4 nitrogen and oxygen atoms in total. The SMILES string of the molecule is CCS(=O)(=O)N(Cc1ccc(N)cc1)C1CC1. The molecule has 17 heavy (non-hydrogen) atoms. The maximum absolute atomic E-state index is 12.0. The van der Waals surface area contributed by atoms with Crippen LogP contribution in [0.3, 0.4) is 0 Å². The minimum atomic E-state index is -3.10. The lowest BCUT2D eigenvalue weighted by Crippen LogP contribution is -2.33. The van der Waals surface area contributed by atoms with Crippen LogP contribution < -0.4 is 5.73 Å². The van der Waals surface area contributed by atoms with Gasteiger partial charge in [-0.3, -0.25) is 0 Å². The largest absolute Gasteiger partial charge is 0.399 e. The van der Waals surface area contributed by atoms with E-state index in [1.54, 1.807) is 23.4 Å². The molecule has 94 valence electrons. The van der Waals surface area contributed by atoms with E-state index in [2.05, 4.69) is 0 Å². The van der Waals surface area contributed by atoms with E-state index in [1.807, 2.05) is 12.1 Å². The third-order valence-electron chi connectivity index (χ3n) is 2.99. The van der Waals surface area contributed by atoms with Gasteiger partial charge in [0.05, 0.1) is 5.75 Å². The monoisotopic (exact) mass is 254 g/mol. The summed E-state index contributed by atoms with van der Waals surface area (Å²) < 4.78 is 25.5. The van der Waals surface area contributed by atoms with Crippen molar-refractivity contribution < 1.29 is 8.42 Å². The Morgan fingerprint density at radius 3 is 2.35 bits per heavy atom. The van der Waals surface area contributed by atoms with Crippen molar-refractivity contribution in [3.8, 4) is 0 Å². The van der Waals surface area contributed by atoms with Crippen LogP contribution in [0.2, 0.25) is 0 Å². The van der Waals surface area contributed by atoms with Gasteiger partial charge in [0.15, 0.2) is 0 Å². The van der Waals surface area contributed by atoms with Crippen molar-refractivity contribution in [2.45, 2.75) is 32.4 Å². The Morgan fingerprint density at radius 1 is 1.29 bits per heavy atom. The highest BCUT2D eigenvalue weighted by Gasteiger charge is 2.36. The second-order valence-corrected chi connectivity index (χ2v) is 6.63. The molecule has 0 aliphatic heterocycles. The standard InChI is InChI=1S/C12H18N2O2S/c1-2-17(15,16)14(12-7-8-12)9-10-3-5-11(13)6-4-10/h3-6,12H,2,7-9,13H2,1H3. The fraction of sp³-hybridized carbons (Fsp3) is 0.500. The smallest absolute Gasteiger partial charge is 0.214 e. The molecule has 1 aromatic rings. The van der Waals surface area contributed by atoms with Crippen molar-refractivity contribution in [3.05, 3.63) is 29.8 Å². The first-order valence-electron chi connectivity index (χ1n) is 5.87. The summed E-state index contributed by atoms with van der Waals surface area (Å²) in [7, 11) is -3.10. The van der Waals surface area contributed by atoms with E-state index in [4.69, 9.17) is 5.73 Å². The van der Waals surface area contributed by atoms with Crippen molar-refractivity contribution in [3.63, 3.8) is 0 Å². The number of benzene rings is 1. The van der Waals surface area contributed by atoms with Gasteiger partial charge < -0.3 is 5.73 Å². The van der Waals surface area contributed by atoms with Crippen molar-refractivity contribution in [1.82, 2.24) is 4.31 Å². The molecule has 1 saturated carbocycles. The molecule has 1 aliphatic carbocycles. The van der Waals surface area contributed by atoms with E-state index in [0.29, 0.717) is 12.2 Å². The minimum absolute atomic E-state index is 0.165. The zero-order valence-electron chi connectivity index (χ0n) is 9.96. The Hall–Kier alpha value is -1.07. The molecule has 0 saturated heterocycles. The van der Waals surface area contributed by atoms with Crippen LogP contribution in [-0.4, -0.2) is 24.5 Å². The van der Waals surface area contributed by atoms with Gasteiger partial charge in [-0.15, -0.1) is 0 Å². The summed E-state index contributed by atoms with van der Waals surface area (Å²) in [5.74, 6) is 0.165. The highest BCUT2D eigenvalue weighted by atomic mass is 32.2. The van der Waals surface area contributed by atoms with E-state index < -0.39 is 10.0 Å². The lowest BCUT2D eigenvalue weighted by atomic mass is 10.2. The van der Waals surface area contributed by atoms with Crippen LogP contribution in [0.5, 0.6) is 0 Å². The third-order valence-corrected chi connectivity index (χ3v) is 4.87. The van der Waals surface area contributed by atoms with Gasteiger partial charge in [-0.05, 0) is 37.5 Å². The number of hydrogen-bond acceptors (Lipinski definition) is 3. The Balaban J connectivity index is 2.16. The van der Waals surface area contributed by atoms with Gasteiger partial charge in [-0.25, -0.2) is 8.42 Å². The molecule has 0 spiro atoms. The molecule has 1 aromatic carbocycles. The average Bonchev–Trinajstić information content (AvgIpc) is 3.12. The fourth-order valence-corrected chi connectivity index (χ4v) is 3.13. The number of nitrogens with zero attached hydrogens (tertiary/aromatic N) is 1. The first-order chi connectivity index (χ1) is 8.03. The summed E-state index contributed by atoms with van der Waals surface area (Å²) in [6.07, 6.45) is 1.96. The molecule has 0 radical (unpaired) electrons. The molecule has 0 heterocycles. The second kappa shape index (κ2) is 4.66. The molecular formula is C12H18N2O2S. The Bertz CT molecular complexity index is 478. The van der Waals surface area contributed by atoms with Crippen LogP contribution in [-0.2, 0) is 16.6 Å². The first-order valence-corrected chi connectivity index (χ1v) is 7.48. The third kappa shape index (κ3) is 2.98. The van der Waals surface area contributed by atoms with Crippen LogP contribution in [0.1, 0.15) is 25.3 Å². The minimum Gasteiger partial charge on any atom is -0.399 e. The molecule has 2 N–H and O–H groups in total. The number of sulfonamides is 1. The van der Waals surface area contributed by atoms with E-state index >= 15 is 0 Å². The molecule has 0 bridgehead atoms. The quantitative estimate of drug-likeness (QED) is 0.811. The van der Waals surface area contributed by atoms with Gasteiger partial charge in [0.1, 0.15) is 0 Å². The van der Waals surface area contributed by atoms with E-state index in [1.165, 1.54) is 0 Å². The predicted molar refractivity (Wildman–Crippen MR) is 68.9 cm³/mol. The van der Waals surface area contributed by atoms with Crippen molar-refractivity contribution in [1.29, 1.82) is 0 Å². The lowest BCUT2D eigenvalue weighted by Gasteiger charge is -2.21. The van der Waals surface area contributed by atoms with Crippen molar-refractivity contribution in [2.24, 2.45) is 0 Å². The first kappa shape index (κ1) is 12.4. The topological polar surface area (TPSA) is 63.4 Å². The molecule has 1 fully saturated rings. The molecule has 5 heteroatoms. The molecule has 0 atom stereocenters. The van der Waals surface area contributed by atoms with Gasteiger partial charge in [0.2, 0.25) is 10.0 Å². The zero-order chi connectivity index (χ0) is 12.5. The summed E-state index contributed by atoms with van der Waals surface area (Å²) >= 11 is 0. The summed E-state index contributed by atoms with van der Waals surface area (Å²) in [6, 6.07) is 7.58. The number of nitrogen functional groups attached to an aromatic ring is 1. The van der Waals surface area contributed by atoms with Crippen LogP contribution in [0.15, 0.2) is 24.3 Å². The average molecular weight is 254 g/mol. The Labute approximate surface area is 102 Å². The van der Waals surface area contributed by atoms with E-state index in [9.17, 15) is 8.42 Å². The molecule has 0 unspecified atom stereocenters. The summed E-state index contributed by atoms with van der Waals surface area (Å²) in [5.41, 5.74) is 7.30. The van der Waals surface area contributed by atoms with Gasteiger partial charge in [-0.1, -0.05) is 12.1 Å². The van der Waals surface area contributed by atoms with Gasteiger partial charge >= 0.3 is 0 Å². The summed E-state index contributed by atoms with van der Waals surface area (Å²) in [6.45, 7) is 2.15. The van der Waals surface area contributed by atoms with Crippen LogP contribution in [0.25, 0.3) is 0 Å². The number of rotatable bonds is 5. The lowest BCUT2D eigenvalue weighted by molar-refractivity contribution is 0.399. The maximum atomic E-state index is 12.0. The molecule has 2 rings (SSSR count). The Morgan fingerprint density at radius 2 is 1.88 bits per heavy atom. The number of nitrogens with two attached hydrogens (primary N) is 1. The van der Waals surface area contributed by atoms with Crippen LogP contribution in [0.4, 0.5) is 5.69 Å². The van der Waals surface area contributed by atoms with Crippen molar-refractivity contribution in [2.75, 3.05) is 11.5 Å². The van der Waals surface area contributed by atoms with Crippen molar-refractivity contribution >= 4 is 15.7 Å². The van der Waals surface area contributed by atoms with Gasteiger partial charge in [-0.2, -0.15) is 4.31 Å². The van der Waals surface area contributed by atoms with Crippen LogP contribution >= 0.6 is 0 Å².